The van der Waals surface area contributed by atoms with Crippen LogP contribution >= 0.6 is 33.2 Å². The number of anilines is 5. The number of nitrogens with zero attached hydrogens (tertiary/aromatic N) is 5. The van der Waals surface area contributed by atoms with Gasteiger partial charge in [-0.1, -0.05) is 45.9 Å². The summed E-state index contributed by atoms with van der Waals surface area (Å²) in [6, 6.07) is 26.7. The molecular weight excluding hydrogens is 1330 g/mol. The number of rotatable bonds is 31. The van der Waals surface area contributed by atoms with Crippen LogP contribution in [0.1, 0.15) is 79.8 Å². The van der Waals surface area contributed by atoms with Crippen molar-refractivity contribution in [2.75, 3.05) is 77.2 Å². The number of nitrogens with one attached hydrogen (secondary N) is 9. The Hall–Kier alpha value is -10.9. The molecule has 29 nitrogen and oxygen atoms in total. The molecule has 32 heteroatoms. The molecule has 1 aliphatic heterocycles. The van der Waals surface area contributed by atoms with Crippen LogP contribution in [0.2, 0.25) is 0 Å². The lowest BCUT2D eigenvalue weighted by molar-refractivity contribution is -0.142. The highest BCUT2D eigenvalue weighted by Crippen LogP contribution is 2.44. The van der Waals surface area contributed by atoms with E-state index in [2.05, 4.69) is 73.9 Å². The first-order chi connectivity index (χ1) is 47.0. The van der Waals surface area contributed by atoms with Gasteiger partial charge in [0.2, 0.25) is 23.7 Å². The molecule has 0 bridgehead atoms. The van der Waals surface area contributed by atoms with Crippen LogP contribution in [0, 0.1) is 12.8 Å². The van der Waals surface area contributed by atoms with Crippen LogP contribution in [0.3, 0.4) is 0 Å². The number of benzene rings is 5. The maximum absolute atomic E-state index is 14.1. The number of fused-ring (bicyclic) bond motifs is 6. The summed E-state index contributed by atoms with van der Waals surface area (Å²) in [5, 5.41) is 48.9. The number of likely N-dealkylation sites (N-methyl/N-ethyl adjacent to an activating group) is 1. The normalized spacial score (nSPS) is 13.6. The van der Waals surface area contributed by atoms with Crippen molar-refractivity contribution in [3.8, 4) is 0 Å². The summed E-state index contributed by atoms with van der Waals surface area (Å²) < 4.78 is 0. The quantitative estimate of drug-likeness (QED) is 0.0130. The molecule has 0 spiro atoms. The van der Waals surface area contributed by atoms with E-state index in [1.165, 1.54) is 30.3 Å². The number of aliphatic carboxylic acids is 3. The predicted molar refractivity (Wildman–Crippen MR) is 372 cm³/mol. The van der Waals surface area contributed by atoms with Crippen LogP contribution in [-0.2, 0) is 40.1 Å². The lowest BCUT2D eigenvalue weighted by atomic mass is 9.93. The zero-order valence-corrected chi connectivity index (χ0v) is 54.9. The fourth-order valence-corrected chi connectivity index (χ4v) is 13.6. The Labute approximate surface area is 569 Å². The van der Waals surface area contributed by atoms with Gasteiger partial charge in [-0.15, -0.1) is 11.6 Å². The number of halogens is 1. The average Bonchev–Trinajstić information content (AvgIpc) is 1.56. The van der Waals surface area contributed by atoms with Gasteiger partial charge in [-0.25, -0.2) is 19.6 Å². The number of hydrogen-bond donors (Lipinski definition) is 13. The second-order valence-corrected chi connectivity index (χ2v) is 26.2. The fourth-order valence-electron chi connectivity index (χ4n) is 11.2. The molecule has 4 unspecified atom stereocenters. The number of hydrogen-bond acceptors (Lipinski definition) is 19. The number of carbonyl (C=O) groups is 10. The van der Waals surface area contributed by atoms with Gasteiger partial charge in [-0.05, 0) is 121 Å². The number of aromatic amines is 3. The van der Waals surface area contributed by atoms with Crippen molar-refractivity contribution in [2.45, 2.75) is 57.2 Å². The van der Waals surface area contributed by atoms with E-state index in [1.807, 2.05) is 25.1 Å². The van der Waals surface area contributed by atoms with Crippen molar-refractivity contribution in [3.63, 3.8) is 0 Å². The highest BCUT2D eigenvalue weighted by atomic mass is 35.5. The molecule has 5 heterocycles. The molecule has 508 valence electrons. The molecule has 9 aromatic rings. The van der Waals surface area contributed by atoms with Crippen LogP contribution in [0.25, 0.3) is 43.7 Å². The van der Waals surface area contributed by atoms with Crippen molar-refractivity contribution < 1.29 is 63.3 Å². The molecule has 0 saturated carbocycles. The van der Waals surface area contributed by atoms with Gasteiger partial charge >= 0.3 is 17.9 Å². The molecule has 14 N–H and O–H groups in total. The number of nitrogens with two attached hydrogens (primary N) is 1. The van der Waals surface area contributed by atoms with Crippen molar-refractivity contribution >= 4 is 165 Å². The first-order valence-corrected chi connectivity index (χ1v) is 33.6. The SMILES string of the molecule is Cc1cc2c(c3ccccc13)C(CCl)CN2C(=O)c1cc2cc(NC(=O)c3cc4cc(NC(=O)CCSSCC(NC(=O)C(CNC(=O)CN(C)CC(=O)O)CC(=O)CCC(NC(=O)c5ccc(NCc6cnc7nc(N)[nH]c(=O)c7n6)cc5)C(=O)O)C(=O)O)ccc4[nH]3)ccc2[nH]1. The fraction of sp³-hybridized carbons (Fsp3) is 0.273. The summed E-state index contributed by atoms with van der Waals surface area (Å²) >= 11 is 6.47. The minimum atomic E-state index is -1.57. The smallest absolute Gasteiger partial charge is 0.327 e. The van der Waals surface area contributed by atoms with Crippen LogP contribution in [0.5, 0.6) is 0 Å². The number of carboxylic acids is 3. The number of aromatic nitrogens is 6. The number of amides is 6. The van der Waals surface area contributed by atoms with E-state index in [-0.39, 0.29) is 70.6 Å². The lowest BCUT2D eigenvalue weighted by Gasteiger charge is -2.21. The molecule has 10 rings (SSSR count). The molecule has 6 amide bonds. The molecule has 5 aromatic carbocycles. The molecule has 4 aromatic heterocycles. The molecule has 0 saturated heterocycles. The minimum absolute atomic E-state index is 0.00491. The van der Waals surface area contributed by atoms with Crippen LogP contribution in [0.15, 0.2) is 114 Å². The Balaban J connectivity index is 0.678. The van der Waals surface area contributed by atoms with Gasteiger partial charge in [-0.2, -0.15) is 4.98 Å². The van der Waals surface area contributed by atoms with E-state index in [0.717, 1.165) is 49.2 Å². The van der Waals surface area contributed by atoms with Gasteiger partial charge in [0.1, 0.15) is 29.3 Å². The lowest BCUT2D eigenvalue weighted by Crippen LogP contribution is -2.48. The van der Waals surface area contributed by atoms with Gasteiger partial charge in [0, 0.05) is 106 Å². The summed E-state index contributed by atoms with van der Waals surface area (Å²) in [7, 11) is 3.57. The van der Waals surface area contributed by atoms with E-state index < -0.39 is 110 Å². The second kappa shape index (κ2) is 31.3. The summed E-state index contributed by atoms with van der Waals surface area (Å²) in [5.74, 6) is -9.39. The van der Waals surface area contributed by atoms with Crippen molar-refractivity contribution in [3.05, 3.63) is 153 Å². The summed E-state index contributed by atoms with van der Waals surface area (Å²) in [6.45, 7) is 1.19. The van der Waals surface area contributed by atoms with E-state index in [9.17, 15) is 63.0 Å². The molecule has 4 atom stereocenters. The number of nitrogen functional groups attached to an aromatic ring is 1. The highest BCUT2D eigenvalue weighted by molar-refractivity contribution is 8.76. The van der Waals surface area contributed by atoms with Gasteiger partial charge in [-0.3, -0.25) is 53.0 Å². The van der Waals surface area contributed by atoms with Gasteiger partial charge in [0.15, 0.2) is 11.2 Å². The number of carbonyl (C=O) groups excluding carboxylic acids is 7. The third-order valence-corrected chi connectivity index (χ3v) is 18.8. The third kappa shape index (κ3) is 17.4. The largest absolute Gasteiger partial charge is 0.480 e. The molecule has 0 fully saturated rings. The zero-order valence-electron chi connectivity index (χ0n) is 52.5. The third-order valence-electron chi connectivity index (χ3n) is 16.0. The summed E-state index contributed by atoms with van der Waals surface area (Å²) in [5.41, 5.74) is 11.9. The van der Waals surface area contributed by atoms with E-state index in [0.29, 0.717) is 62.7 Å². The Morgan fingerprint density at radius 3 is 2.11 bits per heavy atom. The van der Waals surface area contributed by atoms with Crippen LogP contribution < -0.4 is 48.1 Å². The number of aryl methyl sites for hydroxylation is 1. The van der Waals surface area contributed by atoms with Crippen molar-refractivity contribution in [2.24, 2.45) is 5.92 Å². The molecular formula is C66H66ClN15O14S2. The monoisotopic (exact) mass is 1390 g/mol. The number of H-pyrrole nitrogens is 3. The van der Waals surface area contributed by atoms with Crippen molar-refractivity contribution in [1.29, 1.82) is 0 Å². The Kier molecular flexibility index (Phi) is 22.4. The van der Waals surface area contributed by atoms with Gasteiger partial charge < -0.3 is 67.8 Å². The number of carboxylic acid groups (broad SMARTS) is 3. The molecule has 98 heavy (non-hydrogen) atoms. The van der Waals surface area contributed by atoms with E-state index >= 15 is 0 Å². The van der Waals surface area contributed by atoms with Crippen LogP contribution in [-0.4, -0.2) is 172 Å². The van der Waals surface area contributed by atoms with Crippen LogP contribution in [0.4, 0.5) is 28.7 Å². The van der Waals surface area contributed by atoms with Crippen molar-refractivity contribution in [1.82, 2.24) is 50.8 Å². The van der Waals surface area contributed by atoms with E-state index in [4.69, 9.17) is 22.4 Å². The summed E-state index contributed by atoms with van der Waals surface area (Å²) in [4.78, 5) is 166. The van der Waals surface area contributed by atoms with Gasteiger partial charge in [0.25, 0.3) is 23.3 Å². The summed E-state index contributed by atoms with van der Waals surface area (Å²) in [6.07, 6.45) is -0.0823. The van der Waals surface area contributed by atoms with Gasteiger partial charge in [0.05, 0.1) is 37.4 Å². The molecule has 1 aliphatic rings. The first-order valence-electron chi connectivity index (χ1n) is 30.6. The Bertz CT molecular complexity index is 4680. The predicted octanol–water partition coefficient (Wildman–Crippen LogP) is 6.22. The number of ketones is 1. The average molecular weight is 1390 g/mol. The zero-order chi connectivity index (χ0) is 69.9. The maximum Gasteiger partial charge on any atom is 0.327 e. The maximum atomic E-state index is 14.1. The Morgan fingerprint density at radius 2 is 1.42 bits per heavy atom. The number of alkyl halides is 1. The molecule has 0 aliphatic carbocycles. The second-order valence-electron chi connectivity index (χ2n) is 23.3. The highest BCUT2D eigenvalue weighted by Gasteiger charge is 2.36. The Morgan fingerprint density at radius 1 is 0.745 bits per heavy atom. The topological polar surface area (TPSA) is 439 Å². The standard InChI is InChI=1S/C66H66ClN15O14S2/c1-33-19-52-56(45-6-4-3-5-44(33)45)38(25-67)29-82(52)63(92)50-24-36-21-41(12-15-47(36)76-50)74-61(90)49-23-35-20-40(11-14-46(35)75-49)72-53(84)17-18-97-98-32-51(65(95)96)78-60(89)37(26-70-54(85)30-81(2)31-55(86)87)22-43(83)13-16-48(64(93)94)77-59(88)34-7-9-39(10-8-34)69-27-42-28-71-58-57(73-42)62(91)80-66(68)79-58/h3-12,14-15,19-21,23-24,28,37-38,48,51,69,75-76H,13,16-18,22,25-27,29-32H2,1-2H3,(H,70,85)(H,72,84)(H,74,90)(H,77,88)(H,78,89)(H,86,87)(H,93,94)(H,95,96)(H3,68,71,79,80,91). The first kappa shape index (κ1) is 69.9. The number of Topliss-reactive ketones (excluding diaryl/α,β-unsaturated/α-hetero) is 1. The van der Waals surface area contributed by atoms with E-state index in [1.54, 1.807) is 65.6 Å². The molecule has 0 radical (unpaired) electrons. The minimum Gasteiger partial charge on any atom is -0.480 e.